The van der Waals surface area contributed by atoms with Gasteiger partial charge in [0, 0.05) is 11.8 Å². The molecule has 0 atom stereocenters. The first kappa shape index (κ1) is 17.7. The van der Waals surface area contributed by atoms with Crippen molar-refractivity contribution in [2.45, 2.75) is 25.7 Å². The maximum absolute atomic E-state index is 12.7. The number of rotatable bonds is 5. The molecule has 2 N–H and O–H groups in total. The minimum absolute atomic E-state index is 0.264. The van der Waals surface area contributed by atoms with E-state index in [-0.39, 0.29) is 4.90 Å². The van der Waals surface area contributed by atoms with Crippen LogP contribution in [0.15, 0.2) is 47.4 Å². The molecule has 2 rings (SSSR count). The Kier molecular flexibility index (Phi) is 5.09. The lowest BCUT2D eigenvalue weighted by molar-refractivity contribution is -0.131. The predicted octanol–water partition coefficient (Wildman–Crippen LogP) is 3.51. The monoisotopic (exact) mass is 345 g/mol. The first-order valence-corrected chi connectivity index (χ1v) is 8.79. The van der Waals surface area contributed by atoms with Gasteiger partial charge in [0.1, 0.15) is 0 Å². The molecule has 0 bridgehead atoms. The summed E-state index contributed by atoms with van der Waals surface area (Å²) in [6, 6.07) is 10.2. The summed E-state index contributed by atoms with van der Waals surface area (Å²) in [5, 5.41) is 8.66. The highest BCUT2D eigenvalue weighted by atomic mass is 32.2. The first-order chi connectivity index (χ1) is 11.2. The molecule has 24 heavy (non-hydrogen) atoms. The zero-order valence-electron chi connectivity index (χ0n) is 13.7. The molecule has 0 aliphatic rings. The molecule has 0 amide bonds. The Labute approximate surface area is 141 Å². The Bertz CT molecular complexity index is 891. The van der Waals surface area contributed by atoms with Crippen LogP contribution in [0.4, 0.5) is 5.69 Å². The number of benzene rings is 2. The van der Waals surface area contributed by atoms with E-state index < -0.39 is 16.0 Å². The zero-order chi connectivity index (χ0) is 17.9. The van der Waals surface area contributed by atoms with Gasteiger partial charge >= 0.3 is 5.97 Å². The van der Waals surface area contributed by atoms with Crippen molar-refractivity contribution >= 4 is 27.8 Å². The van der Waals surface area contributed by atoms with Crippen molar-refractivity contribution in [3.63, 3.8) is 0 Å². The number of sulfonamides is 1. The third kappa shape index (κ3) is 4.23. The van der Waals surface area contributed by atoms with Gasteiger partial charge in [0.15, 0.2) is 0 Å². The fourth-order valence-corrected chi connectivity index (χ4v) is 4.18. The third-order valence-corrected chi connectivity index (χ3v) is 5.12. The topological polar surface area (TPSA) is 83.5 Å². The number of aryl methyl sites for hydroxylation is 3. The summed E-state index contributed by atoms with van der Waals surface area (Å²) in [5.41, 5.74) is 3.34. The largest absolute Gasteiger partial charge is 0.478 e. The lowest BCUT2D eigenvalue weighted by Gasteiger charge is -2.14. The molecule has 0 heterocycles. The zero-order valence-corrected chi connectivity index (χ0v) is 14.5. The third-order valence-electron chi connectivity index (χ3n) is 3.43. The fourth-order valence-electron chi connectivity index (χ4n) is 2.67. The van der Waals surface area contributed by atoms with E-state index in [0.29, 0.717) is 22.4 Å². The summed E-state index contributed by atoms with van der Waals surface area (Å²) in [7, 11) is -3.73. The van der Waals surface area contributed by atoms with Crippen LogP contribution in [-0.4, -0.2) is 19.5 Å². The molecule has 126 valence electrons. The summed E-state index contributed by atoms with van der Waals surface area (Å²) in [6.45, 7) is 5.45. The number of nitrogens with one attached hydrogen (secondary N) is 1. The number of carboxylic acids is 1. The number of aliphatic carboxylic acids is 1. The molecular weight excluding hydrogens is 326 g/mol. The number of carbonyl (C=O) groups is 1. The Balaban J connectivity index is 2.37. The smallest absolute Gasteiger partial charge is 0.328 e. The van der Waals surface area contributed by atoms with E-state index in [2.05, 4.69) is 4.72 Å². The lowest BCUT2D eigenvalue weighted by atomic mass is 10.1. The minimum Gasteiger partial charge on any atom is -0.478 e. The van der Waals surface area contributed by atoms with Gasteiger partial charge in [-0.25, -0.2) is 13.2 Å². The second-order valence-corrected chi connectivity index (χ2v) is 7.25. The van der Waals surface area contributed by atoms with Gasteiger partial charge in [0.05, 0.1) is 4.90 Å². The van der Waals surface area contributed by atoms with Crippen LogP contribution in [0.5, 0.6) is 0 Å². The van der Waals surface area contributed by atoms with Gasteiger partial charge in [0.2, 0.25) is 0 Å². The average Bonchev–Trinajstić information content (AvgIpc) is 2.43. The van der Waals surface area contributed by atoms with Crippen LogP contribution < -0.4 is 4.72 Å². The molecule has 0 fully saturated rings. The molecule has 0 saturated carbocycles. The molecule has 0 aromatic heterocycles. The molecule has 0 unspecified atom stereocenters. The van der Waals surface area contributed by atoms with Crippen molar-refractivity contribution in [3.05, 3.63) is 64.7 Å². The van der Waals surface area contributed by atoms with Crippen molar-refractivity contribution in [1.29, 1.82) is 0 Å². The maximum atomic E-state index is 12.7. The number of anilines is 1. The average molecular weight is 345 g/mol. The van der Waals surface area contributed by atoms with Crippen LogP contribution in [0.1, 0.15) is 22.3 Å². The number of hydrogen-bond donors (Lipinski definition) is 2. The van der Waals surface area contributed by atoms with Gasteiger partial charge in [-0.1, -0.05) is 29.8 Å². The van der Waals surface area contributed by atoms with E-state index in [1.54, 1.807) is 38.1 Å². The molecule has 0 aliphatic carbocycles. The quantitative estimate of drug-likeness (QED) is 0.812. The van der Waals surface area contributed by atoms with Gasteiger partial charge in [-0.3, -0.25) is 4.72 Å². The van der Waals surface area contributed by atoms with E-state index in [9.17, 15) is 13.2 Å². The standard InChI is InChI=1S/C18H19NO4S/c1-12-9-13(2)18(14(3)10-12)24(22,23)19-16-6-4-5-15(11-16)7-8-17(20)21/h4-11,19H,1-3H3,(H,20,21). The van der Waals surface area contributed by atoms with Crippen LogP contribution in [0.3, 0.4) is 0 Å². The molecule has 6 heteroatoms. The van der Waals surface area contributed by atoms with Crippen LogP contribution in [0, 0.1) is 20.8 Å². The Morgan fingerprint density at radius 3 is 2.29 bits per heavy atom. The highest BCUT2D eigenvalue weighted by Gasteiger charge is 2.20. The van der Waals surface area contributed by atoms with E-state index in [4.69, 9.17) is 5.11 Å². The minimum atomic E-state index is -3.73. The fraction of sp³-hybridized carbons (Fsp3) is 0.167. The summed E-state index contributed by atoms with van der Waals surface area (Å²) in [5.74, 6) is -1.06. The van der Waals surface area contributed by atoms with Crippen LogP contribution in [0.2, 0.25) is 0 Å². The number of carboxylic acid groups (broad SMARTS) is 1. The Morgan fingerprint density at radius 1 is 1.08 bits per heavy atom. The molecule has 0 saturated heterocycles. The van der Waals surface area contributed by atoms with Crippen molar-refractivity contribution < 1.29 is 18.3 Å². The lowest BCUT2D eigenvalue weighted by Crippen LogP contribution is -2.16. The summed E-state index contributed by atoms with van der Waals surface area (Å²) >= 11 is 0. The van der Waals surface area contributed by atoms with Crippen LogP contribution in [0.25, 0.3) is 6.08 Å². The Hall–Kier alpha value is -2.60. The maximum Gasteiger partial charge on any atom is 0.328 e. The molecule has 5 nitrogen and oxygen atoms in total. The molecular formula is C18H19NO4S. The van der Waals surface area contributed by atoms with Gasteiger partial charge in [-0.2, -0.15) is 0 Å². The summed E-state index contributed by atoms with van der Waals surface area (Å²) in [4.78, 5) is 10.8. The van der Waals surface area contributed by atoms with E-state index in [0.717, 1.165) is 11.6 Å². The molecule has 2 aromatic carbocycles. The molecule has 0 radical (unpaired) electrons. The van der Waals surface area contributed by atoms with Crippen molar-refractivity contribution in [2.24, 2.45) is 0 Å². The van der Waals surface area contributed by atoms with Crippen molar-refractivity contribution in [2.75, 3.05) is 4.72 Å². The Morgan fingerprint density at radius 2 is 1.71 bits per heavy atom. The van der Waals surface area contributed by atoms with E-state index in [1.165, 1.54) is 6.08 Å². The number of hydrogen-bond acceptors (Lipinski definition) is 3. The van der Waals surface area contributed by atoms with Crippen molar-refractivity contribution in [3.8, 4) is 0 Å². The predicted molar refractivity (Wildman–Crippen MR) is 94.6 cm³/mol. The second-order valence-electron chi connectivity index (χ2n) is 5.63. The van der Waals surface area contributed by atoms with E-state index >= 15 is 0 Å². The van der Waals surface area contributed by atoms with Crippen LogP contribution >= 0.6 is 0 Å². The first-order valence-electron chi connectivity index (χ1n) is 7.31. The second kappa shape index (κ2) is 6.88. The summed E-state index contributed by atoms with van der Waals surface area (Å²) in [6.07, 6.45) is 2.41. The highest BCUT2D eigenvalue weighted by Crippen LogP contribution is 2.24. The summed E-state index contributed by atoms with van der Waals surface area (Å²) < 4.78 is 28.0. The van der Waals surface area contributed by atoms with Gasteiger partial charge in [-0.15, -0.1) is 0 Å². The molecule has 0 aliphatic heterocycles. The van der Waals surface area contributed by atoms with Crippen LogP contribution in [-0.2, 0) is 14.8 Å². The van der Waals surface area contributed by atoms with Gasteiger partial charge < -0.3 is 5.11 Å². The van der Waals surface area contributed by atoms with Crippen molar-refractivity contribution in [1.82, 2.24) is 0 Å². The van der Waals surface area contributed by atoms with E-state index in [1.807, 2.05) is 19.1 Å². The molecule has 2 aromatic rings. The highest BCUT2D eigenvalue weighted by molar-refractivity contribution is 7.92. The normalized spacial score (nSPS) is 11.6. The SMILES string of the molecule is Cc1cc(C)c(S(=O)(=O)Nc2cccc(C=CC(=O)O)c2)c(C)c1. The van der Waals surface area contributed by atoms with Gasteiger partial charge in [-0.05, 0) is 55.7 Å². The van der Waals surface area contributed by atoms with Gasteiger partial charge in [0.25, 0.3) is 10.0 Å². The molecule has 0 spiro atoms.